The molecule has 0 bridgehead atoms. The Labute approximate surface area is 119 Å². The second kappa shape index (κ2) is 5.75. The minimum Gasteiger partial charge on any atom is -0.438 e. The SMILES string of the molecule is Cc1ccc(/C(N)=N/O)c(Oc2ccc(Cl)c(F)c2)n1. The summed E-state index contributed by atoms with van der Waals surface area (Å²) in [7, 11) is 0. The van der Waals surface area contributed by atoms with E-state index in [2.05, 4.69) is 10.1 Å². The van der Waals surface area contributed by atoms with Gasteiger partial charge < -0.3 is 15.7 Å². The molecule has 20 heavy (non-hydrogen) atoms. The van der Waals surface area contributed by atoms with Gasteiger partial charge in [-0.1, -0.05) is 16.8 Å². The van der Waals surface area contributed by atoms with Gasteiger partial charge in [-0.2, -0.15) is 0 Å². The number of nitrogens with zero attached hydrogens (tertiary/aromatic N) is 2. The molecule has 0 saturated heterocycles. The number of nitrogens with two attached hydrogens (primary N) is 1. The maximum Gasteiger partial charge on any atom is 0.230 e. The van der Waals surface area contributed by atoms with Gasteiger partial charge in [0, 0.05) is 11.8 Å². The molecule has 0 aliphatic rings. The van der Waals surface area contributed by atoms with Crippen LogP contribution in [0.3, 0.4) is 0 Å². The van der Waals surface area contributed by atoms with Gasteiger partial charge in [0.1, 0.15) is 11.6 Å². The molecule has 0 fully saturated rings. The summed E-state index contributed by atoms with van der Waals surface area (Å²) in [5.41, 5.74) is 6.51. The molecule has 0 radical (unpaired) electrons. The van der Waals surface area contributed by atoms with E-state index in [0.717, 1.165) is 6.07 Å². The number of pyridine rings is 1. The largest absolute Gasteiger partial charge is 0.438 e. The highest BCUT2D eigenvalue weighted by molar-refractivity contribution is 6.30. The molecular weight excluding hydrogens is 285 g/mol. The maximum absolute atomic E-state index is 13.4. The van der Waals surface area contributed by atoms with E-state index < -0.39 is 5.82 Å². The second-order valence-corrected chi connectivity index (χ2v) is 4.38. The monoisotopic (exact) mass is 295 g/mol. The summed E-state index contributed by atoms with van der Waals surface area (Å²) in [6.07, 6.45) is 0. The molecule has 1 aromatic carbocycles. The second-order valence-electron chi connectivity index (χ2n) is 3.97. The summed E-state index contributed by atoms with van der Waals surface area (Å²) < 4.78 is 18.8. The Kier molecular flexibility index (Phi) is 4.05. The molecule has 7 heteroatoms. The highest BCUT2D eigenvalue weighted by Gasteiger charge is 2.12. The van der Waals surface area contributed by atoms with E-state index in [4.69, 9.17) is 27.3 Å². The molecule has 0 spiro atoms. The van der Waals surface area contributed by atoms with E-state index >= 15 is 0 Å². The first-order valence-corrected chi connectivity index (χ1v) is 5.97. The van der Waals surface area contributed by atoms with Crippen molar-refractivity contribution in [1.82, 2.24) is 4.98 Å². The molecule has 0 aliphatic carbocycles. The van der Waals surface area contributed by atoms with E-state index in [1.807, 2.05) is 0 Å². The van der Waals surface area contributed by atoms with Crippen molar-refractivity contribution >= 4 is 17.4 Å². The van der Waals surface area contributed by atoms with Gasteiger partial charge >= 0.3 is 0 Å². The van der Waals surface area contributed by atoms with Crippen molar-refractivity contribution in [2.45, 2.75) is 6.92 Å². The summed E-state index contributed by atoms with van der Waals surface area (Å²) in [6.45, 7) is 1.76. The number of ether oxygens (including phenoxy) is 1. The standard InChI is InChI=1S/C13H11ClFN3O2/c1-7-2-4-9(12(16)18-19)13(17-7)20-8-3-5-10(14)11(15)6-8/h2-6,19H,1H3,(H2,16,18). The van der Waals surface area contributed by atoms with Crippen LogP contribution in [0.4, 0.5) is 4.39 Å². The van der Waals surface area contributed by atoms with Crippen LogP contribution in [0.2, 0.25) is 5.02 Å². The lowest BCUT2D eigenvalue weighted by atomic mass is 10.2. The first-order chi connectivity index (χ1) is 9.51. The van der Waals surface area contributed by atoms with E-state index in [1.165, 1.54) is 12.1 Å². The lowest BCUT2D eigenvalue weighted by Crippen LogP contribution is -2.15. The topological polar surface area (TPSA) is 80.7 Å². The van der Waals surface area contributed by atoms with E-state index in [1.54, 1.807) is 19.1 Å². The van der Waals surface area contributed by atoms with Crippen LogP contribution < -0.4 is 10.5 Å². The summed E-state index contributed by atoms with van der Waals surface area (Å²) in [5.74, 6) is -0.442. The van der Waals surface area contributed by atoms with Gasteiger partial charge in [-0.05, 0) is 31.2 Å². The number of benzene rings is 1. The molecule has 2 rings (SSSR count). The molecule has 2 aromatic rings. The van der Waals surface area contributed by atoms with Gasteiger partial charge in [-0.15, -0.1) is 0 Å². The molecule has 104 valence electrons. The van der Waals surface area contributed by atoms with Crippen molar-refractivity contribution in [3.63, 3.8) is 0 Å². The Morgan fingerprint density at radius 3 is 2.80 bits per heavy atom. The lowest BCUT2D eigenvalue weighted by molar-refractivity contribution is 0.318. The van der Waals surface area contributed by atoms with Crippen molar-refractivity contribution in [3.8, 4) is 11.6 Å². The van der Waals surface area contributed by atoms with Gasteiger partial charge in [0.15, 0.2) is 5.84 Å². The van der Waals surface area contributed by atoms with Crippen molar-refractivity contribution in [1.29, 1.82) is 0 Å². The Hall–Kier alpha value is -2.34. The quantitative estimate of drug-likeness (QED) is 0.395. The van der Waals surface area contributed by atoms with Crippen LogP contribution in [0.25, 0.3) is 0 Å². The average molecular weight is 296 g/mol. The zero-order chi connectivity index (χ0) is 14.7. The van der Waals surface area contributed by atoms with Crippen molar-refractivity contribution in [2.75, 3.05) is 0 Å². The van der Waals surface area contributed by atoms with Gasteiger partial charge in [-0.3, -0.25) is 0 Å². The molecule has 0 amide bonds. The fourth-order valence-electron chi connectivity index (χ4n) is 1.51. The number of hydrogen-bond donors (Lipinski definition) is 2. The Morgan fingerprint density at radius 2 is 2.15 bits per heavy atom. The molecule has 0 atom stereocenters. The summed E-state index contributed by atoms with van der Waals surface area (Å²) in [5, 5.41) is 11.6. The Bertz CT molecular complexity index is 677. The number of rotatable bonds is 3. The van der Waals surface area contributed by atoms with E-state index in [9.17, 15) is 4.39 Å². The first-order valence-electron chi connectivity index (χ1n) is 5.59. The van der Waals surface area contributed by atoms with Crippen LogP contribution in [0.5, 0.6) is 11.6 Å². The molecule has 1 aromatic heterocycles. The minimum atomic E-state index is -0.609. The summed E-state index contributed by atoms with van der Waals surface area (Å²) >= 11 is 5.59. The average Bonchev–Trinajstić information content (AvgIpc) is 2.42. The zero-order valence-corrected chi connectivity index (χ0v) is 11.2. The van der Waals surface area contributed by atoms with Crippen molar-refractivity contribution in [3.05, 3.63) is 52.4 Å². The third-order valence-corrected chi connectivity index (χ3v) is 2.80. The Balaban J connectivity index is 2.41. The third-order valence-electron chi connectivity index (χ3n) is 2.49. The molecular formula is C13H11ClFN3O2. The molecule has 0 saturated carbocycles. The minimum absolute atomic E-state index is 0.00814. The summed E-state index contributed by atoms with van der Waals surface area (Å²) in [4.78, 5) is 4.14. The lowest BCUT2D eigenvalue weighted by Gasteiger charge is -2.10. The van der Waals surface area contributed by atoms with Crippen LogP contribution >= 0.6 is 11.6 Å². The zero-order valence-electron chi connectivity index (χ0n) is 10.5. The highest BCUT2D eigenvalue weighted by Crippen LogP contribution is 2.26. The molecule has 5 nitrogen and oxygen atoms in total. The number of aromatic nitrogens is 1. The van der Waals surface area contributed by atoms with Gasteiger partial charge in [0.05, 0.1) is 10.6 Å². The maximum atomic E-state index is 13.4. The fraction of sp³-hybridized carbons (Fsp3) is 0.0769. The van der Waals surface area contributed by atoms with Crippen molar-refractivity contribution in [2.24, 2.45) is 10.9 Å². The molecule has 3 N–H and O–H groups in total. The number of oxime groups is 1. The first kappa shape index (κ1) is 14.1. The fourth-order valence-corrected chi connectivity index (χ4v) is 1.63. The predicted molar refractivity (Wildman–Crippen MR) is 73.0 cm³/mol. The van der Waals surface area contributed by atoms with Crippen LogP contribution in [0.15, 0.2) is 35.5 Å². The molecule has 0 unspecified atom stereocenters. The van der Waals surface area contributed by atoms with E-state index in [0.29, 0.717) is 11.3 Å². The van der Waals surface area contributed by atoms with Crippen LogP contribution in [-0.2, 0) is 0 Å². The molecule has 1 heterocycles. The molecule has 0 aliphatic heterocycles. The van der Waals surface area contributed by atoms with Crippen LogP contribution in [0, 0.1) is 12.7 Å². The predicted octanol–water partition coefficient (Wildman–Crippen LogP) is 3.07. The van der Waals surface area contributed by atoms with Gasteiger partial charge in [0.25, 0.3) is 0 Å². The number of halogens is 2. The number of amidine groups is 1. The normalized spacial score (nSPS) is 11.4. The smallest absolute Gasteiger partial charge is 0.230 e. The number of hydrogen-bond acceptors (Lipinski definition) is 4. The number of aryl methyl sites for hydroxylation is 1. The third kappa shape index (κ3) is 2.97. The Morgan fingerprint density at radius 1 is 1.40 bits per heavy atom. The van der Waals surface area contributed by atoms with Crippen LogP contribution in [0.1, 0.15) is 11.3 Å². The summed E-state index contributed by atoms with van der Waals surface area (Å²) in [6, 6.07) is 7.26. The highest BCUT2D eigenvalue weighted by atomic mass is 35.5. The van der Waals surface area contributed by atoms with Crippen LogP contribution in [-0.4, -0.2) is 16.0 Å². The van der Waals surface area contributed by atoms with Gasteiger partial charge in [0.2, 0.25) is 5.88 Å². The van der Waals surface area contributed by atoms with E-state index in [-0.39, 0.29) is 22.5 Å². The van der Waals surface area contributed by atoms with Gasteiger partial charge in [-0.25, -0.2) is 9.37 Å². The van der Waals surface area contributed by atoms with Crippen molar-refractivity contribution < 1.29 is 14.3 Å².